The third-order valence-corrected chi connectivity index (χ3v) is 3.19. The molecule has 17 heavy (non-hydrogen) atoms. The van der Waals surface area contributed by atoms with Gasteiger partial charge in [-0.3, -0.25) is 4.79 Å². The van der Waals surface area contributed by atoms with Gasteiger partial charge in [0.05, 0.1) is 0 Å². The van der Waals surface area contributed by atoms with Gasteiger partial charge >= 0.3 is 0 Å². The summed E-state index contributed by atoms with van der Waals surface area (Å²) in [6, 6.07) is 0. The number of carbonyl (C=O) groups is 1. The van der Waals surface area contributed by atoms with Crippen LogP contribution in [0.1, 0.15) is 43.2 Å². The van der Waals surface area contributed by atoms with E-state index in [0.717, 1.165) is 25.9 Å². The molecule has 94 valence electrons. The Hall–Kier alpha value is -1.43. The molecule has 0 aromatic carbocycles. The Morgan fingerprint density at radius 2 is 2.24 bits per heavy atom. The van der Waals surface area contributed by atoms with Crippen molar-refractivity contribution in [1.29, 1.82) is 0 Å². The predicted molar refractivity (Wildman–Crippen MR) is 61.8 cm³/mol. The molecule has 0 radical (unpaired) electrons. The normalized spacial score (nSPS) is 18.9. The second kappa shape index (κ2) is 4.83. The summed E-state index contributed by atoms with van der Waals surface area (Å²) < 4.78 is 5.22. The number of nitrogens with zero attached hydrogens (tertiary/aromatic N) is 2. The Morgan fingerprint density at radius 1 is 1.53 bits per heavy atom. The van der Waals surface area contributed by atoms with Gasteiger partial charge in [0.15, 0.2) is 0 Å². The van der Waals surface area contributed by atoms with Gasteiger partial charge in [0.25, 0.3) is 11.7 Å². The van der Waals surface area contributed by atoms with Gasteiger partial charge in [0.1, 0.15) is 0 Å². The minimum atomic E-state index is -0.278. The van der Waals surface area contributed by atoms with E-state index in [1.807, 2.05) is 6.92 Å². The van der Waals surface area contributed by atoms with Gasteiger partial charge in [0, 0.05) is 12.0 Å². The summed E-state index contributed by atoms with van der Waals surface area (Å²) >= 11 is 0. The SMILES string of the molecule is CCNC(=O)c1noc(C2(C)CCNCC2)n1. The average Bonchev–Trinajstić information content (AvgIpc) is 2.80. The fraction of sp³-hybridized carbons (Fsp3) is 0.727. The van der Waals surface area contributed by atoms with E-state index in [-0.39, 0.29) is 17.1 Å². The lowest BCUT2D eigenvalue weighted by Gasteiger charge is -2.30. The van der Waals surface area contributed by atoms with Gasteiger partial charge < -0.3 is 15.2 Å². The first-order chi connectivity index (χ1) is 8.15. The highest BCUT2D eigenvalue weighted by Crippen LogP contribution is 2.31. The van der Waals surface area contributed by atoms with Crippen molar-refractivity contribution in [3.63, 3.8) is 0 Å². The maximum absolute atomic E-state index is 11.5. The molecular weight excluding hydrogens is 220 g/mol. The van der Waals surface area contributed by atoms with Crippen LogP contribution in [-0.2, 0) is 5.41 Å². The highest BCUT2D eigenvalue weighted by atomic mass is 16.5. The summed E-state index contributed by atoms with van der Waals surface area (Å²) in [6.45, 7) is 6.39. The molecule has 1 aliphatic rings. The Labute approximate surface area is 100 Å². The second-order valence-electron chi connectivity index (χ2n) is 4.59. The summed E-state index contributed by atoms with van der Waals surface area (Å²) in [6.07, 6.45) is 1.90. The molecule has 0 unspecified atom stereocenters. The Balaban J connectivity index is 2.14. The van der Waals surface area contributed by atoms with E-state index >= 15 is 0 Å². The molecule has 0 aliphatic carbocycles. The fourth-order valence-electron chi connectivity index (χ4n) is 1.99. The molecule has 1 aliphatic heterocycles. The first-order valence-corrected chi connectivity index (χ1v) is 5.99. The molecule has 2 heterocycles. The van der Waals surface area contributed by atoms with E-state index in [2.05, 4.69) is 27.7 Å². The van der Waals surface area contributed by atoms with Crippen molar-refractivity contribution >= 4 is 5.91 Å². The van der Waals surface area contributed by atoms with Crippen LogP contribution in [0.5, 0.6) is 0 Å². The third-order valence-electron chi connectivity index (χ3n) is 3.19. The number of amides is 1. The predicted octanol–water partition coefficient (Wildman–Crippen LogP) is 0.460. The van der Waals surface area contributed by atoms with Crippen LogP contribution in [0.15, 0.2) is 4.52 Å². The maximum Gasteiger partial charge on any atom is 0.292 e. The summed E-state index contributed by atoms with van der Waals surface area (Å²) in [5.41, 5.74) is -0.108. The van der Waals surface area contributed by atoms with Gasteiger partial charge in [-0.1, -0.05) is 12.1 Å². The lowest BCUT2D eigenvalue weighted by Crippen LogP contribution is -2.38. The zero-order chi connectivity index (χ0) is 12.3. The van der Waals surface area contributed by atoms with Gasteiger partial charge in [-0.2, -0.15) is 4.98 Å². The fourth-order valence-corrected chi connectivity index (χ4v) is 1.99. The largest absolute Gasteiger partial charge is 0.349 e. The lowest BCUT2D eigenvalue weighted by atomic mass is 9.81. The van der Waals surface area contributed by atoms with E-state index in [0.29, 0.717) is 12.4 Å². The molecule has 2 N–H and O–H groups in total. The first kappa shape index (κ1) is 12.0. The van der Waals surface area contributed by atoms with Gasteiger partial charge in [0.2, 0.25) is 5.89 Å². The van der Waals surface area contributed by atoms with Crippen LogP contribution in [0, 0.1) is 0 Å². The monoisotopic (exact) mass is 238 g/mol. The highest BCUT2D eigenvalue weighted by Gasteiger charge is 2.35. The van der Waals surface area contributed by atoms with E-state index in [1.54, 1.807) is 0 Å². The molecule has 0 atom stereocenters. The number of rotatable bonds is 3. The smallest absolute Gasteiger partial charge is 0.292 e. The van der Waals surface area contributed by atoms with Crippen molar-refractivity contribution in [3.8, 4) is 0 Å². The lowest BCUT2D eigenvalue weighted by molar-refractivity contribution is 0.0942. The number of carbonyl (C=O) groups excluding carboxylic acids is 1. The van der Waals surface area contributed by atoms with Crippen molar-refractivity contribution in [2.75, 3.05) is 19.6 Å². The molecular formula is C11H18N4O2. The van der Waals surface area contributed by atoms with Crippen molar-refractivity contribution in [2.45, 2.75) is 32.1 Å². The topological polar surface area (TPSA) is 80.0 Å². The minimum Gasteiger partial charge on any atom is -0.349 e. The molecule has 2 rings (SSSR count). The number of hydrogen-bond acceptors (Lipinski definition) is 5. The molecule has 6 heteroatoms. The molecule has 1 saturated heterocycles. The summed E-state index contributed by atoms with van der Waals surface area (Å²) in [5.74, 6) is 0.418. The van der Waals surface area contributed by atoms with Crippen LogP contribution in [0.4, 0.5) is 0 Å². The Kier molecular flexibility index (Phi) is 3.42. The molecule has 1 aromatic rings. The number of nitrogens with one attached hydrogen (secondary N) is 2. The van der Waals surface area contributed by atoms with E-state index in [4.69, 9.17) is 4.52 Å². The van der Waals surface area contributed by atoms with Gasteiger partial charge in [-0.15, -0.1) is 0 Å². The highest BCUT2D eigenvalue weighted by molar-refractivity contribution is 5.90. The summed E-state index contributed by atoms with van der Waals surface area (Å²) in [4.78, 5) is 15.7. The zero-order valence-electron chi connectivity index (χ0n) is 10.2. The number of aromatic nitrogens is 2. The van der Waals surface area contributed by atoms with E-state index in [9.17, 15) is 4.79 Å². The van der Waals surface area contributed by atoms with Crippen LogP contribution in [0.3, 0.4) is 0 Å². The number of hydrogen-bond donors (Lipinski definition) is 2. The average molecular weight is 238 g/mol. The standard InChI is InChI=1S/C11H18N4O2/c1-3-13-9(16)8-14-10(17-15-8)11(2)4-6-12-7-5-11/h12H,3-7H2,1-2H3,(H,13,16). The first-order valence-electron chi connectivity index (χ1n) is 5.99. The van der Waals surface area contributed by atoms with Gasteiger partial charge in [-0.25, -0.2) is 0 Å². The van der Waals surface area contributed by atoms with Crippen LogP contribution < -0.4 is 10.6 Å². The van der Waals surface area contributed by atoms with Crippen molar-refractivity contribution in [3.05, 3.63) is 11.7 Å². The van der Waals surface area contributed by atoms with Crippen molar-refractivity contribution in [1.82, 2.24) is 20.8 Å². The number of piperidine rings is 1. The Morgan fingerprint density at radius 3 is 2.88 bits per heavy atom. The van der Waals surface area contributed by atoms with Crippen molar-refractivity contribution in [2.24, 2.45) is 0 Å². The third kappa shape index (κ3) is 2.46. The van der Waals surface area contributed by atoms with Crippen molar-refractivity contribution < 1.29 is 9.32 Å². The molecule has 1 fully saturated rings. The van der Waals surface area contributed by atoms with Crippen LogP contribution in [-0.4, -0.2) is 35.7 Å². The molecule has 6 nitrogen and oxygen atoms in total. The quantitative estimate of drug-likeness (QED) is 0.799. The Bertz CT molecular complexity index is 396. The van der Waals surface area contributed by atoms with Gasteiger partial charge in [-0.05, 0) is 32.9 Å². The minimum absolute atomic E-state index is 0.108. The molecule has 1 aromatic heterocycles. The maximum atomic E-state index is 11.5. The summed E-state index contributed by atoms with van der Waals surface area (Å²) in [5, 5.41) is 9.68. The second-order valence-corrected chi connectivity index (χ2v) is 4.59. The van der Waals surface area contributed by atoms with E-state index in [1.165, 1.54) is 0 Å². The molecule has 1 amide bonds. The molecule has 0 bridgehead atoms. The zero-order valence-corrected chi connectivity index (χ0v) is 10.2. The van der Waals surface area contributed by atoms with E-state index < -0.39 is 0 Å². The van der Waals surface area contributed by atoms with Crippen LogP contribution in [0.25, 0.3) is 0 Å². The van der Waals surface area contributed by atoms with Crippen LogP contribution >= 0.6 is 0 Å². The summed E-state index contributed by atoms with van der Waals surface area (Å²) in [7, 11) is 0. The molecule has 0 spiro atoms. The molecule has 0 saturated carbocycles. The van der Waals surface area contributed by atoms with Crippen LogP contribution in [0.2, 0.25) is 0 Å².